The fourth-order valence-corrected chi connectivity index (χ4v) is 5.28. The molecule has 0 bridgehead atoms. The highest BCUT2D eigenvalue weighted by molar-refractivity contribution is 9.09. The predicted molar refractivity (Wildman–Crippen MR) is 83.6 cm³/mol. The summed E-state index contributed by atoms with van der Waals surface area (Å²) in [5, 5.41) is 3.25. The van der Waals surface area contributed by atoms with Crippen molar-refractivity contribution in [3.63, 3.8) is 0 Å². The van der Waals surface area contributed by atoms with E-state index in [1.54, 1.807) is 11.3 Å². The van der Waals surface area contributed by atoms with Gasteiger partial charge in [0.25, 0.3) is 0 Å². The number of halogens is 1. The van der Waals surface area contributed by atoms with Gasteiger partial charge in [-0.25, -0.2) is 4.98 Å². The Bertz CT molecular complexity index is 319. The van der Waals surface area contributed by atoms with E-state index >= 15 is 0 Å². The van der Waals surface area contributed by atoms with Crippen LogP contribution in [0.1, 0.15) is 45.2 Å². The summed E-state index contributed by atoms with van der Waals surface area (Å²) in [6, 6.07) is 0. The minimum Gasteiger partial charge on any atom is -0.235 e. The zero-order valence-corrected chi connectivity index (χ0v) is 14.2. The topological polar surface area (TPSA) is 12.9 Å². The number of thioether (sulfide) groups is 1. The first kappa shape index (κ1) is 15.5. The maximum absolute atomic E-state index is 4.53. The molecule has 0 aromatic carbocycles. The van der Waals surface area contributed by atoms with Crippen molar-refractivity contribution in [2.24, 2.45) is 5.41 Å². The van der Waals surface area contributed by atoms with Crippen molar-refractivity contribution < 1.29 is 0 Å². The maximum Gasteiger partial charge on any atom is 0.150 e. The van der Waals surface area contributed by atoms with Crippen LogP contribution in [0.2, 0.25) is 0 Å². The van der Waals surface area contributed by atoms with Gasteiger partial charge in [0.15, 0.2) is 0 Å². The number of nitrogens with zero attached hydrogens (tertiary/aromatic N) is 1. The molecule has 0 aliphatic heterocycles. The number of thiazole rings is 1. The first-order chi connectivity index (χ1) is 8.15. The molecule has 0 spiro atoms. The van der Waals surface area contributed by atoms with Gasteiger partial charge in [0.1, 0.15) is 4.34 Å². The first-order valence-electron chi connectivity index (χ1n) is 6.26. The van der Waals surface area contributed by atoms with Crippen molar-refractivity contribution in [2.45, 2.75) is 50.8 Å². The Morgan fingerprint density at radius 3 is 2.41 bits per heavy atom. The van der Waals surface area contributed by atoms with Crippen molar-refractivity contribution >= 4 is 39.0 Å². The Kier molecular flexibility index (Phi) is 7.12. The Morgan fingerprint density at radius 2 is 2.00 bits per heavy atom. The molecule has 1 heterocycles. The van der Waals surface area contributed by atoms with Gasteiger partial charge >= 0.3 is 0 Å². The lowest BCUT2D eigenvalue weighted by Crippen LogP contribution is -2.25. The summed E-state index contributed by atoms with van der Waals surface area (Å²) in [6.07, 6.45) is 5.15. The van der Waals surface area contributed by atoms with Crippen molar-refractivity contribution in [1.29, 1.82) is 0 Å². The molecule has 0 amide bonds. The van der Waals surface area contributed by atoms with Crippen LogP contribution in [0.5, 0.6) is 0 Å². The minimum absolute atomic E-state index is 0.452. The quantitative estimate of drug-likeness (QED) is 0.457. The molecule has 0 radical (unpaired) electrons. The Labute approximate surface area is 122 Å². The normalized spacial score (nSPS) is 12.0. The lowest BCUT2D eigenvalue weighted by Gasteiger charge is -2.30. The second-order valence-corrected chi connectivity index (χ2v) is 7.32. The Morgan fingerprint density at radius 1 is 1.35 bits per heavy atom. The number of hydrogen-bond donors (Lipinski definition) is 0. The molecule has 1 rings (SSSR count). The van der Waals surface area contributed by atoms with Crippen LogP contribution in [0.25, 0.3) is 0 Å². The van der Waals surface area contributed by atoms with Crippen LogP contribution in [-0.4, -0.2) is 16.1 Å². The highest BCUT2D eigenvalue weighted by Gasteiger charge is 2.27. The number of hydrogen-bond acceptors (Lipinski definition) is 3. The second-order valence-electron chi connectivity index (χ2n) is 4.68. The van der Waals surface area contributed by atoms with E-state index in [0.29, 0.717) is 5.41 Å². The van der Waals surface area contributed by atoms with Crippen LogP contribution in [0, 0.1) is 12.3 Å². The summed E-state index contributed by atoms with van der Waals surface area (Å²) in [7, 11) is 0. The molecule has 0 fully saturated rings. The second kappa shape index (κ2) is 7.80. The van der Waals surface area contributed by atoms with E-state index in [0.717, 1.165) is 11.0 Å². The molecule has 0 saturated carbocycles. The molecule has 0 aliphatic carbocycles. The SMILES string of the molecule is CCCC(CBr)(CCC)CSc1nc(C)cs1. The number of rotatable bonds is 8. The zero-order valence-electron chi connectivity index (χ0n) is 11.0. The van der Waals surface area contributed by atoms with Crippen LogP contribution in [0.15, 0.2) is 9.72 Å². The van der Waals surface area contributed by atoms with Crippen LogP contribution in [-0.2, 0) is 0 Å². The van der Waals surface area contributed by atoms with Crippen molar-refractivity contribution in [3.05, 3.63) is 11.1 Å². The maximum atomic E-state index is 4.53. The van der Waals surface area contributed by atoms with Crippen molar-refractivity contribution in [3.8, 4) is 0 Å². The minimum atomic E-state index is 0.452. The summed E-state index contributed by atoms with van der Waals surface area (Å²) >= 11 is 7.43. The van der Waals surface area contributed by atoms with Crippen molar-refractivity contribution in [2.75, 3.05) is 11.1 Å². The van der Waals surface area contributed by atoms with Gasteiger partial charge in [-0.2, -0.15) is 0 Å². The van der Waals surface area contributed by atoms with Gasteiger partial charge < -0.3 is 0 Å². The number of alkyl halides is 1. The molecule has 0 unspecified atom stereocenters. The molecule has 0 aliphatic rings. The van der Waals surface area contributed by atoms with E-state index in [4.69, 9.17) is 0 Å². The highest BCUT2D eigenvalue weighted by Crippen LogP contribution is 2.38. The summed E-state index contributed by atoms with van der Waals surface area (Å²) in [6.45, 7) is 6.63. The van der Waals surface area contributed by atoms with E-state index in [1.807, 2.05) is 11.8 Å². The summed E-state index contributed by atoms with van der Waals surface area (Å²) in [5.41, 5.74) is 1.60. The van der Waals surface area contributed by atoms with Crippen LogP contribution >= 0.6 is 39.0 Å². The van der Waals surface area contributed by atoms with E-state index < -0.39 is 0 Å². The van der Waals surface area contributed by atoms with Crippen molar-refractivity contribution in [1.82, 2.24) is 4.98 Å². The number of aromatic nitrogens is 1. The fraction of sp³-hybridized carbons (Fsp3) is 0.769. The van der Waals surface area contributed by atoms with Gasteiger partial charge in [0.2, 0.25) is 0 Å². The van der Waals surface area contributed by atoms with E-state index in [2.05, 4.69) is 47.1 Å². The molecule has 1 nitrogen and oxygen atoms in total. The largest absolute Gasteiger partial charge is 0.235 e. The molecule has 1 aromatic heterocycles. The lowest BCUT2D eigenvalue weighted by atomic mass is 9.83. The monoisotopic (exact) mass is 335 g/mol. The van der Waals surface area contributed by atoms with Gasteiger partial charge in [0.05, 0.1) is 0 Å². The Balaban J connectivity index is 2.59. The van der Waals surface area contributed by atoms with Gasteiger partial charge in [-0.05, 0) is 25.2 Å². The Hall–Kier alpha value is 0.460. The summed E-state index contributed by atoms with van der Waals surface area (Å²) in [4.78, 5) is 4.53. The first-order valence-corrected chi connectivity index (χ1v) is 9.25. The third-order valence-electron chi connectivity index (χ3n) is 2.94. The molecule has 0 saturated heterocycles. The predicted octanol–water partition coefficient (Wildman–Crippen LogP) is 5.53. The lowest BCUT2D eigenvalue weighted by molar-refractivity contribution is 0.320. The number of aryl methyl sites for hydroxylation is 1. The van der Waals surface area contributed by atoms with E-state index in [-0.39, 0.29) is 0 Å². The smallest absolute Gasteiger partial charge is 0.150 e. The van der Waals surface area contributed by atoms with Gasteiger partial charge in [-0.3, -0.25) is 0 Å². The third-order valence-corrected chi connectivity index (χ3v) is 6.62. The molecular formula is C13H22BrNS2. The van der Waals surface area contributed by atoms with Gasteiger partial charge in [-0.15, -0.1) is 11.3 Å². The third kappa shape index (κ3) is 4.92. The average Bonchev–Trinajstić information content (AvgIpc) is 2.73. The molecule has 0 N–H and O–H groups in total. The zero-order chi connectivity index (χ0) is 12.7. The molecular weight excluding hydrogens is 314 g/mol. The van der Waals surface area contributed by atoms with Crippen LogP contribution in [0.3, 0.4) is 0 Å². The van der Waals surface area contributed by atoms with Crippen LogP contribution < -0.4 is 0 Å². The van der Waals surface area contributed by atoms with Crippen LogP contribution in [0.4, 0.5) is 0 Å². The molecule has 17 heavy (non-hydrogen) atoms. The summed E-state index contributed by atoms with van der Waals surface area (Å²) in [5.74, 6) is 1.19. The average molecular weight is 336 g/mol. The van der Waals surface area contributed by atoms with Gasteiger partial charge in [0, 0.05) is 22.2 Å². The standard InChI is InChI=1S/C13H22BrNS2/c1-4-6-13(9-14,7-5-2)10-17-12-15-11(3)8-16-12/h8H,4-7,9-10H2,1-3H3. The molecule has 98 valence electrons. The fourth-order valence-electron chi connectivity index (χ4n) is 2.12. The molecule has 0 atom stereocenters. The highest BCUT2D eigenvalue weighted by atomic mass is 79.9. The molecule has 1 aromatic rings. The van der Waals surface area contributed by atoms with E-state index in [1.165, 1.54) is 35.8 Å². The molecule has 4 heteroatoms. The van der Waals surface area contributed by atoms with E-state index in [9.17, 15) is 0 Å². The summed E-state index contributed by atoms with van der Waals surface area (Å²) < 4.78 is 1.22. The van der Waals surface area contributed by atoms with Gasteiger partial charge in [-0.1, -0.05) is 54.4 Å².